The molecule has 1 atom stereocenters. The fraction of sp³-hybridized carbons (Fsp3) is 0.435. The van der Waals surface area contributed by atoms with E-state index in [2.05, 4.69) is 4.72 Å². The number of methoxy groups -OCH3 is 1. The van der Waals surface area contributed by atoms with E-state index < -0.39 is 10.0 Å². The molecule has 2 aliphatic rings. The van der Waals surface area contributed by atoms with Crippen LogP contribution in [-0.2, 0) is 16.4 Å². The Morgan fingerprint density at radius 3 is 2.57 bits per heavy atom. The maximum Gasteiger partial charge on any atom is 0.258 e. The van der Waals surface area contributed by atoms with E-state index in [0.717, 1.165) is 49.8 Å². The second-order valence-electron chi connectivity index (χ2n) is 8.16. The van der Waals surface area contributed by atoms with E-state index in [1.54, 1.807) is 17.0 Å². The molecule has 6 nitrogen and oxygen atoms in total. The first-order valence-corrected chi connectivity index (χ1v) is 12.0. The van der Waals surface area contributed by atoms with Crippen molar-refractivity contribution in [1.29, 1.82) is 0 Å². The van der Waals surface area contributed by atoms with Crippen molar-refractivity contribution in [2.45, 2.75) is 62.4 Å². The Balaban J connectivity index is 1.70. The molecule has 4 rings (SSSR count). The fourth-order valence-corrected chi connectivity index (χ4v) is 5.98. The first-order chi connectivity index (χ1) is 14.4. The number of sulfonamides is 1. The van der Waals surface area contributed by atoms with Crippen molar-refractivity contribution < 1.29 is 17.9 Å². The quantitative estimate of drug-likeness (QED) is 0.784. The minimum absolute atomic E-state index is 0.0145. The summed E-state index contributed by atoms with van der Waals surface area (Å²) in [6.07, 6.45) is 5.51. The average Bonchev–Trinajstić information content (AvgIpc) is 3.25. The zero-order chi connectivity index (χ0) is 21.3. The van der Waals surface area contributed by atoms with Crippen LogP contribution in [0.4, 0.5) is 5.69 Å². The van der Waals surface area contributed by atoms with Crippen LogP contribution in [0.2, 0.25) is 0 Å². The van der Waals surface area contributed by atoms with Gasteiger partial charge in [0.05, 0.1) is 7.11 Å². The molecule has 0 aromatic heterocycles. The predicted octanol–water partition coefficient (Wildman–Crippen LogP) is 3.90. The van der Waals surface area contributed by atoms with Gasteiger partial charge in [-0.15, -0.1) is 0 Å². The summed E-state index contributed by atoms with van der Waals surface area (Å²) in [4.78, 5) is 15.3. The lowest BCUT2D eigenvalue weighted by Gasteiger charge is -2.35. The Labute approximate surface area is 178 Å². The third kappa shape index (κ3) is 3.96. The molecular formula is C23H28N2O4S. The standard InChI is InChI=1S/C23H28N2O4S/c1-16-11-12-17-7-3-6-10-20(17)25(16)23(26)18-13-14-21(29-2)22(15-18)30(27,28)24-19-8-4-5-9-19/h3,6-7,10,13-16,19,24H,4-5,8-9,11-12H2,1-2H3. The molecule has 0 saturated heterocycles. The molecule has 0 radical (unpaired) electrons. The lowest BCUT2D eigenvalue weighted by molar-refractivity contribution is 0.0975. The Morgan fingerprint density at radius 1 is 1.10 bits per heavy atom. The summed E-state index contributed by atoms with van der Waals surface area (Å²) in [6.45, 7) is 2.02. The van der Waals surface area contributed by atoms with Crippen LogP contribution in [0.1, 0.15) is 54.9 Å². The van der Waals surface area contributed by atoms with Crippen molar-refractivity contribution in [3.63, 3.8) is 0 Å². The Morgan fingerprint density at radius 2 is 1.83 bits per heavy atom. The summed E-state index contributed by atoms with van der Waals surface area (Å²) in [6, 6.07) is 12.5. The monoisotopic (exact) mass is 428 g/mol. The summed E-state index contributed by atoms with van der Waals surface area (Å²) in [5.74, 6) is 0.0405. The molecule has 1 heterocycles. The molecule has 1 fully saturated rings. The highest BCUT2D eigenvalue weighted by atomic mass is 32.2. The van der Waals surface area contributed by atoms with Gasteiger partial charge in [0.25, 0.3) is 5.91 Å². The first kappa shape index (κ1) is 20.9. The molecule has 0 spiro atoms. The number of ether oxygens (including phenoxy) is 1. The van der Waals surface area contributed by atoms with Crippen LogP contribution >= 0.6 is 0 Å². The van der Waals surface area contributed by atoms with E-state index in [1.165, 1.54) is 13.2 Å². The predicted molar refractivity (Wildman–Crippen MR) is 117 cm³/mol. The molecule has 1 aliphatic carbocycles. The number of hydrogen-bond acceptors (Lipinski definition) is 4. The highest BCUT2D eigenvalue weighted by molar-refractivity contribution is 7.89. The van der Waals surface area contributed by atoms with Crippen molar-refractivity contribution in [2.75, 3.05) is 12.0 Å². The largest absolute Gasteiger partial charge is 0.495 e. The van der Waals surface area contributed by atoms with Crippen LogP contribution in [0.3, 0.4) is 0 Å². The van der Waals surface area contributed by atoms with E-state index in [-0.39, 0.29) is 28.6 Å². The van der Waals surface area contributed by atoms with E-state index in [9.17, 15) is 13.2 Å². The normalized spacial score (nSPS) is 19.5. The number of rotatable bonds is 5. The summed E-state index contributed by atoms with van der Waals surface area (Å²) in [5.41, 5.74) is 2.37. The number of benzene rings is 2. The van der Waals surface area contributed by atoms with Crippen LogP contribution in [0.5, 0.6) is 5.75 Å². The van der Waals surface area contributed by atoms with Crippen LogP contribution in [0.25, 0.3) is 0 Å². The van der Waals surface area contributed by atoms with Gasteiger partial charge < -0.3 is 9.64 Å². The van der Waals surface area contributed by atoms with Crippen molar-refractivity contribution in [3.8, 4) is 5.75 Å². The third-order valence-corrected chi connectivity index (χ3v) is 7.66. The van der Waals surface area contributed by atoms with E-state index in [0.29, 0.717) is 5.56 Å². The Kier molecular flexibility index (Phi) is 5.84. The lowest BCUT2D eigenvalue weighted by Crippen LogP contribution is -2.42. The van der Waals surface area contributed by atoms with Gasteiger partial charge >= 0.3 is 0 Å². The van der Waals surface area contributed by atoms with Crippen LogP contribution < -0.4 is 14.4 Å². The molecule has 0 bridgehead atoms. The minimum Gasteiger partial charge on any atom is -0.495 e. The highest BCUT2D eigenvalue weighted by Gasteiger charge is 2.31. The zero-order valence-corrected chi connectivity index (χ0v) is 18.2. The number of hydrogen-bond donors (Lipinski definition) is 1. The molecule has 1 unspecified atom stereocenters. The molecule has 2 aromatic carbocycles. The van der Waals surface area contributed by atoms with E-state index in [4.69, 9.17) is 4.74 Å². The van der Waals surface area contributed by atoms with Gasteiger partial charge in [0.15, 0.2) is 0 Å². The lowest BCUT2D eigenvalue weighted by atomic mass is 9.96. The highest BCUT2D eigenvalue weighted by Crippen LogP contribution is 2.33. The molecule has 2 aromatic rings. The van der Waals surface area contributed by atoms with Gasteiger partial charge in [-0.05, 0) is 62.4 Å². The number of carbonyl (C=O) groups excluding carboxylic acids is 1. The zero-order valence-electron chi connectivity index (χ0n) is 17.4. The smallest absolute Gasteiger partial charge is 0.258 e. The molecule has 7 heteroatoms. The van der Waals surface area contributed by atoms with Gasteiger partial charge in [0, 0.05) is 23.3 Å². The molecular weight excluding hydrogens is 400 g/mol. The van der Waals surface area contributed by atoms with Crippen molar-refractivity contribution in [1.82, 2.24) is 4.72 Å². The number of amides is 1. The van der Waals surface area contributed by atoms with Gasteiger partial charge in [-0.2, -0.15) is 0 Å². The van der Waals surface area contributed by atoms with Crippen LogP contribution in [-0.4, -0.2) is 33.5 Å². The fourth-order valence-electron chi connectivity index (χ4n) is 4.48. The van der Waals surface area contributed by atoms with Gasteiger partial charge in [-0.25, -0.2) is 13.1 Å². The second kappa shape index (κ2) is 8.40. The maximum atomic E-state index is 13.5. The third-order valence-electron chi connectivity index (χ3n) is 6.12. The average molecular weight is 429 g/mol. The van der Waals surface area contributed by atoms with Crippen molar-refractivity contribution >= 4 is 21.6 Å². The summed E-state index contributed by atoms with van der Waals surface area (Å²) < 4.78 is 34.2. The summed E-state index contributed by atoms with van der Waals surface area (Å²) >= 11 is 0. The van der Waals surface area contributed by atoms with Gasteiger partial charge in [0.2, 0.25) is 10.0 Å². The number of nitrogens with one attached hydrogen (secondary N) is 1. The molecule has 30 heavy (non-hydrogen) atoms. The molecule has 160 valence electrons. The minimum atomic E-state index is -3.79. The second-order valence-corrected chi connectivity index (χ2v) is 9.84. The topological polar surface area (TPSA) is 75.7 Å². The van der Waals surface area contributed by atoms with Crippen molar-refractivity contribution in [3.05, 3.63) is 53.6 Å². The number of anilines is 1. The molecule has 1 saturated carbocycles. The SMILES string of the molecule is COc1ccc(C(=O)N2c3ccccc3CCC2C)cc1S(=O)(=O)NC1CCCC1. The van der Waals surface area contributed by atoms with Gasteiger partial charge in [-0.1, -0.05) is 31.0 Å². The number of para-hydroxylation sites is 1. The molecule has 1 N–H and O–H groups in total. The van der Waals surface area contributed by atoms with Gasteiger partial charge in [-0.3, -0.25) is 4.79 Å². The number of carbonyl (C=O) groups is 1. The van der Waals surface area contributed by atoms with E-state index >= 15 is 0 Å². The van der Waals surface area contributed by atoms with E-state index in [1.807, 2.05) is 31.2 Å². The molecule has 1 aliphatic heterocycles. The Hall–Kier alpha value is -2.38. The van der Waals surface area contributed by atoms with Crippen LogP contribution in [0.15, 0.2) is 47.4 Å². The summed E-state index contributed by atoms with van der Waals surface area (Å²) in [5, 5.41) is 0. The number of fused-ring (bicyclic) bond motifs is 1. The van der Waals surface area contributed by atoms with Gasteiger partial charge in [0.1, 0.15) is 10.6 Å². The number of aryl methyl sites for hydroxylation is 1. The first-order valence-electron chi connectivity index (χ1n) is 10.5. The Bertz CT molecular complexity index is 1040. The molecule has 1 amide bonds. The summed E-state index contributed by atoms with van der Waals surface area (Å²) in [7, 11) is -2.35. The van der Waals surface area contributed by atoms with Crippen LogP contribution in [0, 0.1) is 0 Å². The van der Waals surface area contributed by atoms with Crippen molar-refractivity contribution in [2.24, 2.45) is 0 Å². The number of nitrogens with zero attached hydrogens (tertiary/aromatic N) is 1. The maximum absolute atomic E-state index is 13.5.